The SMILES string of the molecule is C#CC[C]1([V+2])C=CC=C1C1=C(C)C=CC1.[Cl-].[Cl-]. The predicted octanol–water partition coefficient (Wildman–Crippen LogP) is -2.50. The third-order valence-corrected chi connectivity index (χ3v) is 3.82. The number of rotatable bonds is 2. The topological polar surface area (TPSA) is 0 Å². The average molecular weight is 303 g/mol. The fourth-order valence-corrected chi connectivity index (χ4v) is 2.75. The van der Waals surface area contributed by atoms with E-state index in [1.807, 2.05) is 0 Å². The van der Waals surface area contributed by atoms with Crippen LogP contribution in [0.2, 0.25) is 4.13 Å². The number of halogens is 2. The summed E-state index contributed by atoms with van der Waals surface area (Å²) in [5.74, 6) is 2.77. The first kappa shape index (κ1) is 16.7. The van der Waals surface area contributed by atoms with E-state index in [1.54, 1.807) is 0 Å². The Labute approximate surface area is 125 Å². The van der Waals surface area contributed by atoms with Gasteiger partial charge in [0.25, 0.3) is 0 Å². The Morgan fingerprint density at radius 2 is 2.18 bits per heavy atom. The first-order valence-corrected chi connectivity index (χ1v) is 5.80. The zero-order valence-corrected chi connectivity index (χ0v) is 12.5. The molecule has 0 saturated heterocycles. The van der Waals surface area contributed by atoms with Gasteiger partial charge in [-0.2, -0.15) is 0 Å². The van der Waals surface area contributed by atoms with Crippen LogP contribution in [0.1, 0.15) is 19.8 Å². The van der Waals surface area contributed by atoms with E-state index in [0.29, 0.717) is 0 Å². The second-order valence-electron chi connectivity index (χ2n) is 4.01. The monoisotopic (exact) mass is 302 g/mol. The van der Waals surface area contributed by atoms with Gasteiger partial charge in [0, 0.05) is 0 Å². The summed E-state index contributed by atoms with van der Waals surface area (Å²) in [6.07, 6.45) is 18.2. The van der Waals surface area contributed by atoms with Crippen LogP contribution in [0.15, 0.2) is 47.1 Å². The van der Waals surface area contributed by atoms with Crippen LogP contribution in [0.4, 0.5) is 0 Å². The van der Waals surface area contributed by atoms with Crippen molar-refractivity contribution in [2.24, 2.45) is 0 Å². The van der Waals surface area contributed by atoms with Crippen molar-refractivity contribution < 1.29 is 42.2 Å². The van der Waals surface area contributed by atoms with E-state index >= 15 is 0 Å². The molecule has 1 unspecified atom stereocenters. The molecule has 2 aliphatic carbocycles. The molecular formula is C14H13Cl2V. The standard InChI is InChI=1S/C14H13.2ClH.V/c1-3-6-12-8-5-10-14(12)13-9-4-7-11(13)2;;;/h1,4-5,7-8,10H,6,9H2,2H3;2*1H;/q;;;+2/p-2. The third-order valence-electron chi connectivity index (χ3n) is 2.96. The molecule has 0 aromatic rings. The number of terminal acetylenes is 1. The van der Waals surface area contributed by atoms with Gasteiger partial charge in [-0.3, -0.25) is 0 Å². The fraction of sp³-hybridized carbons (Fsp3) is 0.286. The molecule has 0 amide bonds. The molecule has 0 fully saturated rings. The van der Waals surface area contributed by atoms with Gasteiger partial charge >= 0.3 is 101 Å². The van der Waals surface area contributed by atoms with Gasteiger partial charge in [0.2, 0.25) is 0 Å². The molecule has 0 spiro atoms. The summed E-state index contributed by atoms with van der Waals surface area (Å²) in [7, 11) is 0. The molecule has 0 aromatic heterocycles. The molecular weight excluding hydrogens is 290 g/mol. The van der Waals surface area contributed by atoms with Crippen molar-refractivity contribution >= 4 is 0 Å². The van der Waals surface area contributed by atoms with Crippen molar-refractivity contribution in [3.63, 3.8) is 0 Å². The van der Waals surface area contributed by atoms with Gasteiger partial charge < -0.3 is 24.8 Å². The summed E-state index contributed by atoms with van der Waals surface area (Å²) >= 11 is 2.73. The van der Waals surface area contributed by atoms with Gasteiger partial charge in [-0.25, -0.2) is 0 Å². The largest absolute Gasteiger partial charge is 1.00 e. The summed E-state index contributed by atoms with van der Waals surface area (Å²) in [5, 5.41) is 0. The van der Waals surface area contributed by atoms with Gasteiger partial charge in [-0.15, -0.1) is 0 Å². The minimum absolute atomic E-state index is 0. The molecule has 0 N–H and O–H groups in total. The van der Waals surface area contributed by atoms with Gasteiger partial charge in [-0.1, -0.05) is 0 Å². The van der Waals surface area contributed by atoms with E-state index in [1.165, 1.54) is 16.7 Å². The minimum atomic E-state index is -0.00956. The van der Waals surface area contributed by atoms with E-state index in [0.717, 1.165) is 12.8 Å². The zero-order valence-electron chi connectivity index (χ0n) is 9.58. The first-order valence-electron chi connectivity index (χ1n) is 5.10. The third kappa shape index (κ3) is 3.12. The van der Waals surface area contributed by atoms with Gasteiger partial charge in [0.15, 0.2) is 0 Å². The van der Waals surface area contributed by atoms with Crippen LogP contribution in [-0.4, -0.2) is 0 Å². The zero-order chi connectivity index (χ0) is 10.9. The number of hydrogen-bond donors (Lipinski definition) is 0. The molecule has 0 bridgehead atoms. The van der Waals surface area contributed by atoms with Gasteiger partial charge in [-0.05, 0) is 0 Å². The number of allylic oxidation sites excluding steroid dienone is 8. The van der Waals surface area contributed by atoms with Crippen LogP contribution >= 0.6 is 0 Å². The summed E-state index contributed by atoms with van der Waals surface area (Å²) in [6, 6.07) is 0. The van der Waals surface area contributed by atoms with Crippen LogP contribution in [0.25, 0.3) is 0 Å². The van der Waals surface area contributed by atoms with Crippen LogP contribution in [0.5, 0.6) is 0 Å². The molecule has 3 heteroatoms. The first-order chi connectivity index (χ1) is 7.17. The Morgan fingerprint density at radius 3 is 2.71 bits per heavy atom. The fourth-order valence-electron chi connectivity index (χ4n) is 2.15. The summed E-state index contributed by atoms with van der Waals surface area (Å²) < 4.78 is -0.00956. The molecule has 0 heterocycles. The molecule has 0 saturated carbocycles. The van der Waals surface area contributed by atoms with E-state index in [2.05, 4.69) is 60.6 Å². The molecule has 17 heavy (non-hydrogen) atoms. The second kappa shape index (κ2) is 6.57. The van der Waals surface area contributed by atoms with Crippen molar-refractivity contribution in [2.75, 3.05) is 0 Å². The van der Waals surface area contributed by atoms with E-state index in [-0.39, 0.29) is 28.9 Å². The van der Waals surface area contributed by atoms with Crippen molar-refractivity contribution in [1.82, 2.24) is 0 Å². The maximum atomic E-state index is 5.44. The van der Waals surface area contributed by atoms with Crippen LogP contribution in [0.3, 0.4) is 0 Å². The normalized spacial score (nSPS) is 25.0. The molecule has 2 aliphatic rings. The Hall–Kier alpha value is -0.316. The van der Waals surface area contributed by atoms with Crippen molar-refractivity contribution in [2.45, 2.75) is 23.9 Å². The Bertz CT molecular complexity index is 449. The van der Waals surface area contributed by atoms with Crippen LogP contribution in [0, 0.1) is 12.3 Å². The smallest absolute Gasteiger partial charge is 1.00 e. The minimum Gasteiger partial charge on any atom is -1.00 e. The van der Waals surface area contributed by atoms with E-state index in [9.17, 15) is 0 Å². The van der Waals surface area contributed by atoms with Crippen molar-refractivity contribution in [3.05, 3.63) is 47.1 Å². The quantitative estimate of drug-likeness (QED) is 0.495. The Kier molecular flexibility index (Phi) is 6.45. The molecule has 0 nitrogen and oxygen atoms in total. The Balaban J connectivity index is 0.00000128. The predicted molar refractivity (Wildman–Crippen MR) is 59.8 cm³/mol. The number of hydrogen-bond acceptors (Lipinski definition) is 0. The molecule has 0 aromatic carbocycles. The van der Waals surface area contributed by atoms with Crippen LogP contribution < -0.4 is 24.8 Å². The summed E-state index contributed by atoms with van der Waals surface area (Å²) in [5.41, 5.74) is 4.19. The second-order valence-corrected chi connectivity index (χ2v) is 5.26. The molecule has 0 radical (unpaired) electrons. The molecule has 2 rings (SSSR count). The van der Waals surface area contributed by atoms with E-state index in [4.69, 9.17) is 6.42 Å². The molecule has 1 atom stereocenters. The molecule has 0 aliphatic heterocycles. The maximum Gasteiger partial charge on any atom is -1.00 e. The van der Waals surface area contributed by atoms with Gasteiger partial charge in [0.05, 0.1) is 0 Å². The average Bonchev–Trinajstić information content (AvgIpc) is 2.73. The van der Waals surface area contributed by atoms with Gasteiger partial charge in [0.1, 0.15) is 0 Å². The van der Waals surface area contributed by atoms with Crippen molar-refractivity contribution in [1.29, 1.82) is 0 Å². The molecule has 88 valence electrons. The van der Waals surface area contributed by atoms with Crippen LogP contribution in [-0.2, 0) is 17.4 Å². The van der Waals surface area contributed by atoms with Crippen molar-refractivity contribution in [3.8, 4) is 12.3 Å². The van der Waals surface area contributed by atoms with E-state index < -0.39 is 0 Å². The maximum absolute atomic E-state index is 5.44. The summed E-state index contributed by atoms with van der Waals surface area (Å²) in [6.45, 7) is 2.17. The Morgan fingerprint density at radius 1 is 1.47 bits per heavy atom. The summed E-state index contributed by atoms with van der Waals surface area (Å²) in [4.78, 5) is 0.